The van der Waals surface area contributed by atoms with Crippen LogP contribution in [0.2, 0.25) is 5.02 Å². The van der Waals surface area contributed by atoms with E-state index in [1.807, 2.05) is 0 Å². The number of methoxy groups -OCH3 is 1. The lowest BCUT2D eigenvalue weighted by Crippen LogP contribution is -2.17. The number of halogens is 2. The van der Waals surface area contributed by atoms with Crippen LogP contribution in [0.1, 0.15) is 21.7 Å². The molecule has 0 aliphatic carbocycles. The van der Waals surface area contributed by atoms with Crippen molar-refractivity contribution in [3.8, 4) is 22.8 Å². The molecule has 9 nitrogen and oxygen atoms in total. The highest BCUT2D eigenvalue weighted by molar-refractivity contribution is 6.33. The van der Waals surface area contributed by atoms with Gasteiger partial charge in [-0.3, -0.25) is 14.9 Å². The summed E-state index contributed by atoms with van der Waals surface area (Å²) in [5.74, 6) is 0.419. The number of ether oxygens (including phenoxy) is 2. The van der Waals surface area contributed by atoms with Gasteiger partial charge in [0.1, 0.15) is 23.9 Å². The summed E-state index contributed by atoms with van der Waals surface area (Å²) in [6.45, 7) is 0.122. The fraction of sp³-hybridized carbons (Fsp3) is 0.0769. The van der Waals surface area contributed by atoms with Gasteiger partial charge in [-0.15, -0.1) is 0 Å². The maximum atomic E-state index is 13.4. The molecule has 0 saturated carbocycles. The summed E-state index contributed by atoms with van der Waals surface area (Å²) in [6, 6.07) is 17.8. The second-order valence-electron chi connectivity index (χ2n) is 7.61. The minimum atomic E-state index is -0.529. The Bertz CT molecular complexity index is 1490. The maximum absolute atomic E-state index is 13.4. The Kier molecular flexibility index (Phi) is 7.80. The van der Waals surface area contributed by atoms with Crippen LogP contribution in [0, 0.1) is 15.9 Å². The van der Waals surface area contributed by atoms with E-state index in [0.29, 0.717) is 28.4 Å². The Morgan fingerprint density at radius 2 is 1.97 bits per heavy atom. The van der Waals surface area contributed by atoms with Gasteiger partial charge < -0.3 is 13.9 Å². The SMILES string of the molecule is COc1cc(C(=O)NN=Cc2ccc(-c3cc([N+](=O)[O-])ccc3Cl)o2)ccc1OCc1cccc(F)c1. The smallest absolute Gasteiger partial charge is 0.271 e. The molecule has 0 aliphatic heterocycles. The highest BCUT2D eigenvalue weighted by Crippen LogP contribution is 2.32. The second kappa shape index (κ2) is 11.4. The van der Waals surface area contributed by atoms with Crippen molar-refractivity contribution in [3.63, 3.8) is 0 Å². The molecule has 0 atom stereocenters. The van der Waals surface area contributed by atoms with Gasteiger partial charge in [0, 0.05) is 23.3 Å². The van der Waals surface area contributed by atoms with E-state index in [1.165, 1.54) is 55.8 Å². The number of hydrazone groups is 1. The summed E-state index contributed by atoms with van der Waals surface area (Å²) >= 11 is 6.14. The Balaban J connectivity index is 1.40. The minimum absolute atomic E-state index is 0.122. The molecule has 1 aromatic heterocycles. The summed E-state index contributed by atoms with van der Waals surface area (Å²) in [6.07, 6.45) is 1.28. The van der Waals surface area contributed by atoms with Crippen LogP contribution in [0.5, 0.6) is 11.5 Å². The number of rotatable bonds is 9. The number of hydrogen-bond donors (Lipinski definition) is 1. The highest BCUT2D eigenvalue weighted by atomic mass is 35.5. The first-order valence-corrected chi connectivity index (χ1v) is 11.1. The largest absolute Gasteiger partial charge is 0.493 e. The van der Waals surface area contributed by atoms with E-state index in [0.717, 1.165) is 0 Å². The number of benzene rings is 3. The van der Waals surface area contributed by atoms with Gasteiger partial charge in [0.2, 0.25) is 0 Å². The first-order valence-electron chi connectivity index (χ1n) is 10.8. The van der Waals surface area contributed by atoms with Gasteiger partial charge in [-0.25, -0.2) is 9.82 Å². The monoisotopic (exact) mass is 523 g/mol. The average molecular weight is 524 g/mol. The van der Waals surface area contributed by atoms with Gasteiger partial charge in [0.15, 0.2) is 11.5 Å². The highest BCUT2D eigenvalue weighted by Gasteiger charge is 2.15. The predicted octanol–water partition coefficient (Wildman–Crippen LogP) is 6.00. The van der Waals surface area contributed by atoms with Crippen LogP contribution in [0.4, 0.5) is 10.1 Å². The van der Waals surface area contributed by atoms with E-state index in [9.17, 15) is 19.3 Å². The maximum Gasteiger partial charge on any atom is 0.271 e. The van der Waals surface area contributed by atoms with Crippen molar-refractivity contribution in [1.29, 1.82) is 0 Å². The lowest BCUT2D eigenvalue weighted by molar-refractivity contribution is -0.384. The fourth-order valence-corrected chi connectivity index (χ4v) is 3.53. The lowest BCUT2D eigenvalue weighted by Gasteiger charge is -2.12. The quantitative estimate of drug-likeness (QED) is 0.163. The Morgan fingerprint density at radius 3 is 2.73 bits per heavy atom. The van der Waals surface area contributed by atoms with E-state index < -0.39 is 10.8 Å². The molecule has 1 amide bonds. The molecule has 4 rings (SSSR count). The van der Waals surface area contributed by atoms with Crippen molar-refractivity contribution < 1.29 is 28.0 Å². The van der Waals surface area contributed by atoms with Crippen LogP contribution in [-0.2, 0) is 6.61 Å². The number of hydrogen-bond acceptors (Lipinski definition) is 7. The third kappa shape index (κ3) is 6.30. The zero-order chi connectivity index (χ0) is 26.4. The second-order valence-corrected chi connectivity index (χ2v) is 8.01. The number of nitrogens with one attached hydrogen (secondary N) is 1. The Hall–Kier alpha value is -4.70. The predicted molar refractivity (Wildman–Crippen MR) is 135 cm³/mol. The average Bonchev–Trinajstić information content (AvgIpc) is 3.36. The van der Waals surface area contributed by atoms with Crippen LogP contribution in [0.15, 0.2) is 82.3 Å². The number of nitrogens with zero attached hydrogens (tertiary/aromatic N) is 2. The fourth-order valence-electron chi connectivity index (χ4n) is 3.32. The minimum Gasteiger partial charge on any atom is -0.493 e. The van der Waals surface area contributed by atoms with Crippen molar-refractivity contribution in [1.82, 2.24) is 5.43 Å². The number of non-ortho nitro benzene ring substituents is 1. The molecule has 4 aromatic rings. The standard InChI is InChI=1S/C26H19ClFN3O6/c1-35-25-12-17(5-9-24(25)36-15-16-3-2-4-18(28)11-16)26(32)30-29-14-20-7-10-23(37-20)21-13-19(31(33)34)6-8-22(21)27/h2-14H,15H2,1H3,(H,30,32). The molecule has 0 fully saturated rings. The Morgan fingerprint density at radius 1 is 1.14 bits per heavy atom. The number of furan rings is 1. The number of carbonyl (C=O) groups is 1. The van der Waals surface area contributed by atoms with Crippen molar-refractivity contribution in [2.24, 2.45) is 5.10 Å². The molecule has 1 N–H and O–H groups in total. The molecular weight excluding hydrogens is 505 g/mol. The molecule has 0 unspecified atom stereocenters. The van der Waals surface area contributed by atoms with Gasteiger partial charge in [-0.2, -0.15) is 5.10 Å². The molecule has 1 heterocycles. The van der Waals surface area contributed by atoms with Gasteiger partial charge in [-0.1, -0.05) is 23.7 Å². The van der Waals surface area contributed by atoms with E-state index in [2.05, 4.69) is 10.5 Å². The van der Waals surface area contributed by atoms with Gasteiger partial charge in [0.05, 0.1) is 23.3 Å². The summed E-state index contributed by atoms with van der Waals surface area (Å²) < 4.78 is 30.0. The number of carbonyl (C=O) groups excluding carboxylic acids is 1. The molecule has 3 aromatic carbocycles. The molecule has 0 radical (unpaired) electrons. The number of nitro benzene ring substituents is 1. The lowest BCUT2D eigenvalue weighted by atomic mass is 10.1. The van der Waals surface area contributed by atoms with Crippen molar-refractivity contribution in [3.05, 3.63) is 111 Å². The van der Waals surface area contributed by atoms with Crippen molar-refractivity contribution >= 4 is 29.4 Å². The van der Waals surface area contributed by atoms with Gasteiger partial charge in [0.25, 0.3) is 11.6 Å². The summed E-state index contributed by atoms with van der Waals surface area (Å²) in [7, 11) is 1.44. The molecule has 0 aliphatic rings. The zero-order valence-electron chi connectivity index (χ0n) is 19.3. The van der Waals surface area contributed by atoms with E-state index in [-0.39, 0.29) is 34.5 Å². The third-order valence-corrected chi connectivity index (χ3v) is 5.45. The molecule has 0 spiro atoms. The first kappa shape index (κ1) is 25.4. The normalized spacial score (nSPS) is 10.9. The van der Waals surface area contributed by atoms with Crippen LogP contribution in [0.3, 0.4) is 0 Å². The topological polar surface area (TPSA) is 116 Å². The molecule has 37 heavy (non-hydrogen) atoms. The summed E-state index contributed by atoms with van der Waals surface area (Å²) in [5.41, 5.74) is 3.52. The van der Waals surface area contributed by atoms with E-state index >= 15 is 0 Å². The van der Waals surface area contributed by atoms with Crippen molar-refractivity contribution in [2.45, 2.75) is 6.61 Å². The third-order valence-electron chi connectivity index (χ3n) is 5.12. The first-order chi connectivity index (χ1) is 17.8. The molecule has 0 saturated heterocycles. The van der Waals surface area contributed by atoms with Gasteiger partial charge >= 0.3 is 0 Å². The number of amides is 1. The molecule has 11 heteroatoms. The summed E-state index contributed by atoms with van der Waals surface area (Å²) in [5, 5.41) is 15.2. The molecular formula is C26H19ClFN3O6. The zero-order valence-corrected chi connectivity index (χ0v) is 20.1. The van der Waals surface area contributed by atoms with Crippen LogP contribution >= 0.6 is 11.6 Å². The molecule has 188 valence electrons. The van der Waals surface area contributed by atoms with Gasteiger partial charge in [-0.05, 0) is 54.1 Å². The van der Waals surface area contributed by atoms with E-state index in [1.54, 1.807) is 30.3 Å². The van der Waals surface area contributed by atoms with Crippen molar-refractivity contribution in [2.75, 3.05) is 7.11 Å². The number of nitro groups is 1. The summed E-state index contributed by atoms with van der Waals surface area (Å²) in [4.78, 5) is 23.0. The van der Waals surface area contributed by atoms with Crippen LogP contribution in [0.25, 0.3) is 11.3 Å². The van der Waals surface area contributed by atoms with Crippen LogP contribution in [-0.4, -0.2) is 24.2 Å². The Labute approximate surface area is 215 Å². The molecule has 0 bridgehead atoms. The van der Waals surface area contributed by atoms with Crippen LogP contribution < -0.4 is 14.9 Å². The van der Waals surface area contributed by atoms with E-state index in [4.69, 9.17) is 25.5 Å².